The van der Waals surface area contributed by atoms with Crippen molar-refractivity contribution in [1.29, 1.82) is 5.26 Å². The first kappa shape index (κ1) is 18.9. The van der Waals surface area contributed by atoms with Gasteiger partial charge in [-0.05, 0) is 48.9 Å². The van der Waals surface area contributed by atoms with Crippen LogP contribution in [0.3, 0.4) is 0 Å². The monoisotopic (exact) mass is 382 g/mol. The fraction of sp³-hybridized carbons (Fsp3) is 0.150. The van der Waals surface area contributed by atoms with Crippen LogP contribution in [0.25, 0.3) is 0 Å². The molecule has 0 amide bonds. The number of nitriles is 1. The van der Waals surface area contributed by atoms with Gasteiger partial charge in [-0.25, -0.2) is 4.39 Å². The van der Waals surface area contributed by atoms with E-state index in [-0.39, 0.29) is 29.0 Å². The zero-order valence-electron chi connectivity index (χ0n) is 14.8. The highest BCUT2D eigenvalue weighted by atomic mass is 19.1. The summed E-state index contributed by atoms with van der Waals surface area (Å²) in [6.07, 6.45) is 1.40. The lowest BCUT2D eigenvalue weighted by atomic mass is 10.0. The van der Waals surface area contributed by atoms with Crippen molar-refractivity contribution in [3.63, 3.8) is 0 Å². The van der Waals surface area contributed by atoms with Gasteiger partial charge in [-0.2, -0.15) is 5.26 Å². The standard InChI is InChI=1S/C20H15FN2O5/c1-12-16(9-22)19(25)23(10-15-3-2-8-27-15)20(26)18(12)17(24)11-28-14-6-4-13(21)5-7-14/h2-8,26H,10-11H2,1H3. The minimum absolute atomic E-state index is 0.0633. The molecule has 0 aliphatic rings. The van der Waals surface area contributed by atoms with Gasteiger partial charge >= 0.3 is 0 Å². The quantitative estimate of drug-likeness (QED) is 0.657. The molecule has 0 saturated carbocycles. The van der Waals surface area contributed by atoms with E-state index in [1.165, 1.54) is 37.5 Å². The van der Waals surface area contributed by atoms with Gasteiger partial charge in [-0.15, -0.1) is 0 Å². The molecule has 1 aromatic carbocycles. The van der Waals surface area contributed by atoms with Gasteiger partial charge < -0.3 is 14.3 Å². The highest BCUT2D eigenvalue weighted by Crippen LogP contribution is 2.24. The van der Waals surface area contributed by atoms with Gasteiger partial charge in [0.15, 0.2) is 6.61 Å². The summed E-state index contributed by atoms with van der Waals surface area (Å²) in [6.45, 7) is 0.789. The summed E-state index contributed by atoms with van der Waals surface area (Å²) in [4.78, 5) is 25.2. The molecule has 3 aromatic rings. The highest BCUT2D eigenvalue weighted by molar-refractivity contribution is 6.01. The van der Waals surface area contributed by atoms with E-state index in [0.717, 1.165) is 4.57 Å². The van der Waals surface area contributed by atoms with Crippen molar-refractivity contribution in [2.45, 2.75) is 13.5 Å². The Morgan fingerprint density at radius 2 is 2.04 bits per heavy atom. The Balaban J connectivity index is 1.97. The van der Waals surface area contributed by atoms with Crippen LogP contribution in [0.1, 0.15) is 27.2 Å². The van der Waals surface area contributed by atoms with Gasteiger partial charge in [0, 0.05) is 0 Å². The Morgan fingerprint density at radius 3 is 2.64 bits per heavy atom. The lowest BCUT2D eigenvalue weighted by Crippen LogP contribution is -2.28. The minimum atomic E-state index is -0.732. The van der Waals surface area contributed by atoms with Crippen molar-refractivity contribution >= 4 is 5.78 Å². The third kappa shape index (κ3) is 3.64. The maximum absolute atomic E-state index is 13.0. The molecule has 2 heterocycles. The number of pyridine rings is 1. The molecule has 7 nitrogen and oxygen atoms in total. The zero-order valence-corrected chi connectivity index (χ0v) is 14.8. The van der Waals surface area contributed by atoms with Crippen LogP contribution in [-0.4, -0.2) is 22.1 Å². The van der Waals surface area contributed by atoms with E-state index in [9.17, 15) is 24.3 Å². The van der Waals surface area contributed by atoms with E-state index in [1.54, 1.807) is 18.2 Å². The minimum Gasteiger partial charge on any atom is -0.494 e. The zero-order chi connectivity index (χ0) is 20.3. The molecular formula is C20H15FN2O5. The molecule has 0 fully saturated rings. The molecule has 142 valence electrons. The number of Topliss-reactive ketones (excluding diaryl/α,β-unsaturated/α-hetero) is 1. The maximum Gasteiger partial charge on any atom is 0.271 e. The number of ketones is 1. The fourth-order valence-electron chi connectivity index (χ4n) is 2.74. The number of aromatic nitrogens is 1. The van der Waals surface area contributed by atoms with Gasteiger partial charge in [0.1, 0.15) is 29.0 Å². The molecule has 28 heavy (non-hydrogen) atoms. The Hall–Kier alpha value is -3.86. The number of carbonyl (C=O) groups excluding carboxylic acids is 1. The van der Waals surface area contributed by atoms with E-state index >= 15 is 0 Å². The molecular weight excluding hydrogens is 367 g/mol. The number of nitrogens with zero attached hydrogens (tertiary/aromatic N) is 2. The summed E-state index contributed by atoms with van der Waals surface area (Å²) in [6, 6.07) is 10.1. The molecule has 1 N–H and O–H groups in total. The molecule has 0 spiro atoms. The number of rotatable bonds is 6. The number of hydrogen-bond acceptors (Lipinski definition) is 6. The summed E-state index contributed by atoms with van der Waals surface area (Å²) in [5.74, 6) is -1.03. The molecule has 2 aromatic heterocycles. The number of ether oxygens (including phenoxy) is 1. The van der Waals surface area contributed by atoms with Crippen LogP contribution >= 0.6 is 0 Å². The topological polar surface area (TPSA) is 105 Å². The third-order valence-corrected chi connectivity index (χ3v) is 4.16. The van der Waals surface area contributed by atoms with Gasteiger partial charge in [0.25, 0.3) is 5.56 Å². The smallest absolute Gasteiger partial charge is 0.271 e. The number of hydrogen-bond donors (Lipinski definition) is 1. The average Bonchev–Trinajstić information content (AvgIpc) is 3.18. The Bertz CT molecular complexity index is 1110. The first-order chi connectivity index (χ1) is 13.4. The summed E-state index contributed by atoms with van der Waals surface area (Å²) in [5.41, 5.74) is -1.11. The third-order valence-electron chi connectivity index (χ3n) is 4.16. The van der Waals surface area contributed by atoms with Gasteiger partial charge in [-0.3, -0.25) is 14.2 Å². The van der Waals surface area contributed by atoms with E-state index < -0.39 is 29.6 Å². The SMILES string of the molecule is Cc1c(C(=O)COc2ccc(F)cc2)c(O)n(Cc2ccco2)c(=O)c1C#N. The fourth-order valence-corrected chi connectivity index (χ4v) is 2.74. The van der Waals surface area contributed by atoms with Crippen molar-refractivity contribution in [2.75, 3.05) is 6.61 Å². The number of furan rings is 1. The first-order valence-corrected chi connectivity index (χ1v) is 8.22. The van der Waals surface area contributed by atoms with Crippen LogP contribution < -0.4 is 10.3 Å². The maximum atomic E-state index is 13.0. The van der Waals surface area contributed by atoms with Crippen molar-refractivity contribution in [3.8, 4) is 17.7 Å². The summed E-state index contributed by atoms with van der Waals surface area (Å²) < 4.78 is 24.3. The highest BCUT2D eigenvalue weighted by Gasteiger charge is 2.24. The Morgan fingerprint density at radius 1 is 1.32 bits per heavy atom. The number of aromatic hydroxyl groups is 1. The second-order valence-electron chi connectivity index (χ2n) is 5.95. The average molecular weight is 382 g/mol. The van der Waals surface area contributed by atoms with E-state index in [0.29, 0.717) is 5.76 Å². The summed E-state index contributed by atoms with van der Waals surface area (Å²) in [7, 11) is 0. The van der Waals surface area contributed by atoms with Gasteiger partial charge in [-0.1, -0.05) is 0 Å². The van der Waals surface area contributed by atoms with Gasteiger partial charge in [0.05, 0.1) is 18.4 Å². The second kappa shape index (κ2) is 7.80. The van der Waals surface area contributed by atoms with E-state index in [1.807, 2.05) is 0 Å². The number of carbonyl (C=O) groups is 1. The molecule has 3 rings (SSSR count). The lowest BCUT2D eigenvalue weighted by molar-refractivity contribution is 0.0916. The molecule has 0 atom stereocenters. The van der Waals surface area contributed by atoms with Crippen molar-refractivity contribution in [3.05, 3.63) is 81.3 Å². The first-order valence-electron chi connectivity index (χ1n) is 8.22. The van der Waals surface area contributed by atoms with Crippen LogP contribution in [0.5, 0.6) is 11.6 Å². The number of benzene rings is 1. The molecule has 0 radical (unpaired) electrons. The Kier molecular flexibility index (Phi) is 5.27. The molecule has 0 aliphatic heterocycles. The van der Waals surface area contributed by atoms with Crippen molar-refractivity contribution in [1.82, 2.24) is 4.57 Å². The normalized spacial score (nSPS) is 10.5. The van der Waals surface area contributed by atoms with Crippen LogP contribution in [0.15, 0.2) is 51.9 Å². The van der Waals surface area contributed by atoms with Crippen molar-refractivity contribution in [2.24, 2.45) is 0 Å². The van der Waals surface area contributed by atoms with Crippen LogP contribution in [0.2, 0.25) is 0 Å². The van der Waals surface area contributed by atoms with Gasteiger partial charge in [0.2, 0.25) is 11.7 Å². The van der Waals surface area contributed by atoms with Crippen LogP contribution in [0, 0.1) is 24.1 Å². The van der Waals surface area contributed by atoms with Crippen LogP contribution in [-0.2, 0) is 6.54 Å². The Labute approximate surface area is 158 Å². The summed E-state index contributed by atoms with van der Waals surface area (Å²) in [5, 5.41) is 19.9. The van der Waals surface area contributed by atoms with E-state index in [4.69, 9.17) is 9.15 Å². The molecule has 0 unspecified atom stereocenters. The van der Waals surface area contributed by atoms with Crippen molar-refractivity contribution < 1.29 is 23.4 Å². The second-order valence-corrected chi connectivity index (χ2v) is 5.95. The largest absolute Gasteiger partial charge is 0.494 e. The molecule has 0 bridgehead atoms. The molecule has 0 aliphatic carbocycles. The number of halogens is 1. The predicted molar refractivity (Wildman–Crippen MR) is 95.9 cm³/mol. The van der Waals surface area contributed by atoms with E-state index in [2.05, 4.69) is 0 Å². The summed E-state index contributed by atoms with van der Waals surface area (Å²) >= 11 is 0. The predicted octanol–water partition coefficient (Wildman–Crippen LogP) is 2.78. The molecule has 8 heteroatoms. The lowest BCUT2D eigenvalue weighted by Gasteiger charge is -2.15. The molecule has 0 saturated heterocycles. The van der Waals surface area contributed by atoms with Crippen LogP contribution in [0.4, 0.5) is 4.39 Å².